The van der Waals surface area contributed by atoms with Gasteiger partial charge in [0, 0.05) is 11.8 Å². The number of hydrogen-bond acceptors (Lipinski definition) is 5. The number of para-hydroxylation sites is 1. The zero-order valence-corrected chi connectivity index (χ0v) is 12.1. The molecule has 2 aromatic rings. The predicted molar refractivity (Wildman–Crippen MR) is 79.4 cm³/mol. The van der Waals surface area contributed by atoms with E-state index in [1.54, 1.807) is 6.07 Å². The van der Waals surface area contributed by atoms with E-state index >= 15 is 0 Å². The van der Waals surface area contributed by atoms with Crippen LogP contribution in [0.5, 0.6) is 5.75 Å². The fraction of sp³-hybridized carbons (Fsp3) is 0.333. The second-order valence-corrected chi connectivity index (χ2v) is 4.94. The summed E-state index contributed by atoms with van der Waals surface area (Å²) in [6.45, 7) is 6.50. The number of aromatic nitrogens is 2. The topological polar surface area (TPSA) is 73.1 Å². The SMILES string of the molecule is Cc1cc(NN)nc(COc2ccccc2C(C)C)n1. The van der Waals surface area contributed by atoms with Gasteiger partial charge in [0.25, 0.3) is 0 Å². The maximum absolute atomic E-state index is 5.85. The van der Waals surface area contributed by atoms with Gasteiger partial charge in [-0.15, -0.1) is 0 Å². The third kappa shape index (κ3) is 3.45. The van der Waals surface area contributed by atoms with Crippen LogP contribution >= 0.6 is 0 Å². The van der Waals surface area contributed by atoms with Gasteiger partial charge in [-0.25, -0.2) is 15.8 Å². The van der Waals surface area contributed by atoms with Crippen molar-refractivity contribution in [2.45, 2.75) is 33.3 Å². The first-order chi connectivity index (χ1) is 9.60. The standard InChI is InChI=1S/C15H20N4O/c1-10(2)12-6-4-5-7-13(12)20-9-15-17-11(3)8-14(18-15)19-16/h4-8,10H,9,16H2,1-3H3,(H,17,18,19). The van der Waals surface area contributed by atoms with Gasteiger partial charge >= 0.3 is 0 Å². The first-order valence-corrected chi connectivity index (χ1v) is 6.63. The van der Waals surface area contributed by atoms with Crippen LogP contribution in [-0.4, -0.2) is 9.97 Å². The van der Waals surface area contributed by atoms with Gasteiger partial charge in [0.05, 0.1) is 0 Å². The zero-order valence-electron chi connectivity index (χ0n) is 12.1. The monoisotopic (exact) mass is 272 g/mol. The second-order valence-electron chi connectivity index (χ2n) is 4.94. The fourth-order valence-corrected chi connectivity index (χ4v) is 2.00. The Balaban J connectivity index is 2.15. The lowest BCUT2D eigenvalue weighted by Gasteiger charge is -2.13. The molecular weight excluding hydrogens is 252 g/mol. The van der Waals surface area contributed by atoms with E-state index in [0.29, 0.717) is 24.2 Å². The van der Waals surface area contributed by atoms with Crippen molar-refractivity contribution < 1.29 is 4.74 Å². The molecule has 1 heterocycles. The maximum Gasteiger partial charge on any atom is 0.168 e. The van der Waals surface area contributed by atoms with E-state index in [9.17, 15) is 0 Å². The van der Waals surface area contributed by atoms with Gasteiger partial charge in [-0.2, -0.15) is 0 Å². The molecular formula is C15H20N4O. The van der Waals surface area contributed by atoms with E-state index in [4.69, 9.17) is 10.6 Å². The number of nitrogens with one attached hydrogen (secondary N) is 1. The molecule has 0 unspecified atom stereocenters. The molecule has 0 atom stereocenters. The number of benzene rings is 1. The molecule has 2 rings (SSSR count). The lowest BCUT2D eigenvalue weighted by atomic mass is 10.0. The molecule has 0 fully saturated rings. The molecule has 0 radical (unpaired) electrons. The Labute approximate surface area is 119 Å². The number of anilines is 1. The van der Waals surface area contributed by atoms with Crippen LogP contribution in [0.4, 0.5) is 5.82 Å². The van der Waals surface area contributed by atoms with Gasteiger partial charge in [-0.05, 0) is 24.5 Å². The normalized spacial score (nSPS) is 10.7. The molecule has 20 heavy (non-hydrogen) atoms. The highest BCUT2D eigenvalue weighted by Gasteiger charge is 2.08. The minimum atomic E-state index is 0.320. The lowest BCUT2D eigenvalue weighted by molar-refractivity contribution is 0.291. The Hall–Kier alpha value is -2.14. The van der Waals surface area contributed by atoms with Gasteiger partial charge in [0.2, 0.25) is 0 Å². The van der Waals surface area contributed by atoms with Gasteiger partial charge in [0.15, 0.2) is 5.82 Å². The third-order valence-electron chi connectivity index (χ3n) is 2.95. The van der Waals surface area contributed by atoms with Gasteiger partial charge in [0.1, 0.15) is 18.2 Å². The fourth-order valence-electron chi connectivity index (χ4n) is 2.00. The first-order valence-electron chi connectivity index (χ1n) is 6.63. The molecule has 1 aromatic heterocycles. The molecule has 0 amide bonds. The smallest absolute Gasteiger partial charge is 0.168 e. The van der Waals surface area contributed by atoms with Crippen LogP contribution in [0.1, 0.15) is 36.8 Å². The van der Waals surface area contributed by atoms with Crippen molar-refractivity contribution in [3.63, 3.8) is 0 Å². The second kappa shape index (κ2) is 6.34. The van der Waals surface area contributed by atoms with Gasteiger partial charge in [-0.1, -0.05) is 32.0 Å². The van der Waals surface area contributed by atoms with E-state index in [1.165, 1.54) is 5.56 Å². The van der Waals surface area contributed by atoms with E-state index in [0.717, 1.165) is 11.4 Å². The molecule has 5 heteroatoms. The number of hydrazine groups is 1. The van der Waals surface area contributed by atoms with Crippen LogP contribution in [0.15, 0.2) is 30.3 Å². The van der Waals surface area contributed by atoms with E-state index in [-0.39, 0.29) is 0 Å². The van der Waals surface area contributed by atoms with Crippen LogP contribution in [-0.2, 0) is 6.61 Å². The Bertz CT molecular complexity index is 584. The van der Waals surface area contributed by atoms with Gasteiger partial charge in [-0.3, -0.25) is 0 Å². The molecule has 0 spiro atoms. The van der Waals surface area contributed by atoms with Crippen LogP contribution < -0.4 is 16.0 Å². The van der Waals surface area contributed by atoms with Crippen molar-refractivity contribution >= 4 is 5.82 Å². The Kier molecular flexibility index (Phi) is 4.53. The Morgan fingerprint density at radius 2 is 2.00 bits per heavy atom. The molecule has 0 saturated heterocycles. The average molecular weight is 272 g/mol. The molecule has 0 aliphatic rings. The minimum Gasteiger partial charge on any atom is -0.485 e. The minimum absolute atomic E-state index is 0.320. The number of ether oxygens (including phenoxy) is 1. The van der Waals surface area contributed by atoms with Gasteiger partial charge < -0.3 is 10.2 Å². The number of aryl methyl sites for hydroxylation is 1. The highest BCUT2D eigenvalue weighted by atomic mass is 16.5. The zero-order chi connectivity index (χ0) is 14.5. The Morgan fingerprint density at radius 3 is 2.70 bits per heavy atom. The molecule has 3 N–H and O–H groups in total. The summed E-state index contributed by atoms with van der Waals surface area (Å²) in [6.07, 6.45) is 0. The summed E-state index contributed by atoms with van der Waals surface area (Å²) in [5, 5.41) is 0. The van der Waals surface area contributed by atoms with Crippen LogP contribution in [0.25, 0.3) is 0 Å². The summed E-state index contributed by atoms with van der Waals surface area (Å²) in [5.74, 6) is 7.85. The van der Waals surface area contributed by atoms with Crippen LogP contribution in [0.2, 0.25) is 0 Å². The summed E-state index contributed by atoms with van der Waals surface area (Å²) < 4.78 is 5.85. The van der Waals surface area contributed by atoms with E-state index in [2.05, 4.69) is 35.3 Å². The molecule has 0 saturated carbocycles. The van der Waals surface area contributed by atoms with E-state index < -0.39 is 0 Å². The van der Waals surface area contributed by atoms with E-state index in [1.807, 2.05) is 25.1 Å². The first kappa shape index (κ1) is 14.3. The quantitative estimate of drug-likeness (QED) is 0.646. The summed E-state index contributed by atoms with van der Waals surface area (Å²) >= 11 is 0. The summed E-state index contributed by atoms with van der Waals surface area (Å²) in [4.78, 5) is 8.61. The third-order valence-corrected chi connectivity index (χ3v) is 2.95. The van der Waals surface area contributed by atoms with Crippen LogP contribution in [0.3, 0.4) is 0 Å². The lowest BCUT2D eigenvalue weighted by Crippen LogP contribution is -2.12. The average Bonchev–Trinajstić information content (AvgIpc) is 2.44. The van der Waals surface area contributed by atoms with Crippen molar-refractivity contribution in [1.29, 1.82) is 0 Å². The molecule has 0 bridgehead atoms. The molecule has 1 aromatic carbocycles. The van der Waals surface area contributed by atoms with Crippen molar-refractivity contribution in [2.75, 3.05) is 5.43 Å². The predicted octanol–water partition coefficient (Wildman–Crippen LogP) is 2.77. The highest BCUT2D eigenvalue weighted by Crippen LogP contribution is 2.26. The maximum atomic E-state index is 5.85. The van der Waals surface area contributed by atoms with Crippen LogP contribution in [0, 0.1) is 6.92 Å². The largest absolute Gasteiger partial charge is 0.485 e. The molecule has 106 valence electrons. The Morgan fingerprint density at radius 1 is 1.25 bits per heavy atom. The highest BCUT2D eigenvalue weighted by molar-refractivity contribution is 5.36. The van der Waals surface area contributed by atoms with Crippen molar-refractivity contribution in [2.24, 2.45) is 5.84 Å². The number of rotatable bonds is 5. The van der Waals surface area contributed by atoms with Crippen molar-refractivity contribution in [3.8, 4) is 5.75 Å². The molecule has 0 aliphatic heterocycles. The summed E-state index contributed by atoms with van der Waals surface area (Å²) in [7, 11) is 0. The summed E-state index contributed by atoms with van der Waals surface area (Å²) in [6, 6.07) is 9.80. The number of nitrogens with zero attached hydrogens (tertiary/aromatic N) is 2. The summed E-state index contributed by atoms with van der Waals surface area (Å²) in [5.41, 5.74) is 4.56. The van der Waals surface area contributed by atoms with Crippen molar-refractivity contribution in [1.82, 2.24) is 9.97 Å². The number of nitrogen functional groups attached to an aromatic ring is 1. The number of hydrogen-bond donors (Lipinski definition) is 2. The van der Waals surface area contributed by atoms with Crippen molar-refractivity contribution in [3.05, 3.63) is 47.4 Å². The molecule has 0 aliphatic carbocycles. The molecule has 5 nitrogen and oxygen atoms in total. The number of nitrogens with two attached hydrogens (primary N) is 1.